The first-order valence-electron chi connectivity index (χ1n) is 8.76. The molecule has 134 valence electrons. The number of hydrogen-bond donors (Lipinski definition) is 2. The smallest absolute Gasteiger partial charge is 0.239 e. The summed E-state index contributed by atoms with van der Waals surface area (Å²) < 4.78 is 5.92. The van der Waals surface area contributed by atoms with Gasteiger partial charge in [-0.15, -0.1) is 0 Å². The predicted octanol–water partition coefficient (Wildman–Crippen LogP) is 4.02. The molecule has 1 amide bonds. The molecule has 0 aliphatic rings. The van der Waals surface area contributed by atoms with Gasteiger partial charge in [-0.1, -0.05) is 42.5 Å². The lowest BCUT2D eigenvalue weighted by Crippen LogP contribution is -2.31. The van der Waals surface area contributed by atoms with Gasteiger partial charge in [0.1, 0.15) is 11.4 Å². The van der Waals surface area contributed by atoms with E-state index in [2.05, 4.69) is 22.8 Å². The fourth-order valence-electron chi connectivity index (χ4n) is 2.43. The summed E-state index contributed by atoms with van der Waals surface area (Å²) in [4.78, 5) is 12.0. The van der Waals surface area contributed by atoms with Crippen LogP contribution in [-0.4, -0.2) is 24.6 Å². The van der Waals surface area contributed by atoms with Crippen LogP contribution in [0.5, 0.6) is 5.75 Å². The Morgan fingerprint density at radius 3 is 2.40 bits per heavy atom. The highest BCUT2D eigenvalue weighted by molar-refractivity contribution is 5.81. The van der Waals surface area contributed by atoms with Crippen LogP contribution in [0.4, 0.5) is 5.69 Å². The van der Waals surface area contributed by atoms with Crippen molar-refractivity contribution in [2.45, 2.75) is 39.2 Å². The second kappa shape index (κ2) is 9.11. The molecule has 0 saturated heterocycles. The summed E-state index contributed by atoms with van der Waals surface area (Å²) in [5, 5.41) is 6.11. The highest BCUT2D eigenvalue weighted by Crippen LogP contribution is 2.27. The number of nitrogens with one attached hydrogen (secondary N) is 2. The van der Waals surface area contributed by atoms with E-state index < -0.39 is 0 Å². The summed E-state index contributed by atoms with van der Waals surface area (Å²) in [5.74, 6) is 0.741. The molecule has 0 aliphatic carbocycles. The average molecular weight is 340 g/mol. The Bertz CT molecular complexity index is 663. The van der Waals surface area contributed by atoms with Gasteiger partial charge in [0.15, 0.2) is 0 Å². The van der Waals surface area contributed by atoms with Gasteiger partial charge < -0.3 is 15.4 Å². The highest BCUT2D eigenvalue weighted by Gasteiger charge is 2.14. The van der Waals surface area contributed by atoms with E-state index in [1.807, 2.05) is 63.2 Å². The van der Waals surface area contributed by atoms with Crippen LogP contribution in [0.1, 0.15) is 32.8 Å². The fourth-order valence-corrected chi connectivity index (χ4v) is 2.43. The van der Waals surface area contributed by atoms with Crippen LogP contribution in [-0.2, 0) is 11.2 Å². The molecular weight excluding hydrogens is 312 g/mol. The number of ether oxygens (including phenoxy) is 1. The molecule has 25 heavy (non-hydrogen) atoms. The van der Waals surface area contributed by atoms with Crippen LogP contribution in [0.25, 0.3) is 0 Å². The molecule has 2 N–H and O–H groups in total. The van der Waals surface area contributed by atoms with Crippen molar-refractivity contribution in [3.8, 4) is 5.75 Å². The zero-order chi connectivity index (χ0) is 18.1. The minimum atomic E-state index is -0.280. The minimum Gasteiger partial charge on any atom is -0.486 e. The zero-order valence-electron chi connectivity index (χ0n) is 15.3. The van der Waals surface area contributed by atoms with E-state index in [1.54, 1.807) is 0 Å². The largest absolute Gasteiger partial charge is 0.486 e. The van der Waals surface area contributed by atoms with Gasteiger partial charge in [0.2, 0.25) is 5.91 Å². The molecule has 0 heterocycles. The lowest BCUT2D eigenvalue weighted by molar-refractivity contribution is -0.119. The highest BCUT2D eigenvalue weighted by atomic mass is 16.5. The molecule has 2 rings (SSSR count). The maximum Gasteiger partial charge on any atom is 0.239 e. The van der Waals surface area contributed by atoms with Crippen molar-refractivity contribution in [3.63, 3.8) is 0 Å². The Labute approximate surface area is 150 Å². The first-order chi connectivity index (χ1) is 11.9. The molecule has 0 aliphatic heterocycles. The molecule has 0 bridgehead atoms. The monoisotopic (exact) mass is 340 g/mol. The van der Waals surface area contributed by atoms with E-state index in [0.29, 0.717) is 6.54 Å². The Morgan fingerprint density at radius 2 is 1.68 bits per heavy atom. The summed E-state index contributed by atoms with van der Waals surface area (Å²) in [6.45, 7) is 6.92. The van der Waals surface area contributed by atoms with Gasteiger partial charge in [-0.25, -0.2) is 0 Å². The molecule has 0 spiro atoms. The molecular formula is C21H28N2O2. The number of carbonyl (C=O) groups is 1. The Hall–Kier alpha value is -2.49. The Morgan fingerprint density at radius 1 is 1.00 bits per heavy atom. The van der Waals surface area contributed by atoms with E-state index in [-0.39, 0.29) is 18.1 Å². The van der Waals surface area contributed by atoms with Crippen molar-refractivity contribution in [1.29, 1.82) is 0 Å². The molecule has 2 aromatic rings. The molecule has 2 aromatic carbocycles. The third-order valence-corrected chi connectivity index (χ3v) is 3.55. The zero-order valence-corrected chi connectivity index (χ0v) is 15.3. The van der Waals surface area contributed by atoms with Crippen molar-refractivity contribution < 1.29 is 9.53 Å². The number of anilines is 1. The van der Waals surface area contributed by atoms with E-state index in [0.717, 1.165) is 24.3 Å². The lowest BCUT2D eigenvalue weighted by atomic mass is 10.1. The average Bonchev–Trinajstić information content (AvgIpc) is 2.57. The van der Waals surface area contributed by atoms with E-state index >= 15 is 0 Å². The van der Waals surface area contributed by atoms with Gasteiger partial charge in [-0.2, -0.15) is 0 Å². The molecule has 0 unspecified atom stereocenters. The van der Waals surface area contributed by atoms with Crippen molar-refractivity contribution in [2.24, 2.45) is 0 Å². The summed E-state index contributed by atoms with van der Waals surface area (Å²) >= 11 is 0. The van der Waals surface area contributed by atoms with Gasteiger partial charge in [0, 0.05) is 6.54 Å². The van der Waals surface area contributed by atoms with Gasteiger partial charge in [0.25, 0.3) is 0 Å². The Balaban J connectivity index is 1.73. The fraction of sp³-hybridized carbons (Fsp3) is 0.381. The predicted molar refractivity (Wildman–Crippen MR) is 103 cm³/mol. The van der Waals surface area contributed by atoms with Crippen LogP contribution in [0.15, 0.2) is 54.6 Å². The van der Waals surface area contributed by atoms with Crippen molar-refractivity contribution in [1.82, 2.24) is 5.32 Å². The molecule has 0 aromatic heterocycles. The molecule has 4 heteroatoms. The first kappa shape index (κ1) is 18.8. The van der Waals surface area contributed by atoms with Crippen LogP contribution < -0.4 is 15.4 Å². The topological polar surface area (TPSA) is 50.4 Å². The quantitative estimate of drug-likeness (QED) is 0.714. The number of carbonyl (C=O) groups excluding carboxylic acids is 1. The number of amides is 1. The SMILES string of the molecule is CC(C)(C)Oc1ccccc1NCC(=O)NCCCc1ccccc1. The summed E-state index contributed by atoms with van der Waals surface area (Å²) in [6, 6.07) is 18.0. The van der Waals surface area contributed by atoms with Gasteiger partial charge in [-0.3, -0.25) is 4.79 Å². The number of aryl methyl sites for hydroxylation is 1. The minimum absolute atomic E-state index is 0.0152. The van der Waals surface area contributed by atoms with Gasteiger partial charge >= 0.3 is 0 Å². The third-order valence-electron chi connectivity index (χ3n) is 3.55. The lowest BCUT2D eigenvalue weighted by Gasteiger charge is -2.23. The van der Waals surface area contributed by atoms with Crippen molar-refractivity contribution in [3.05, 3.63) is 60.2 Å². The van der Waals surface area contributed by atoms with Crippen LogP contribution in [0, 0.1) is 0 Å². The number of benzene rings is 2. The van der Waals surface area contributed by atoms with Crippen molar-refractivity contribution >= 4 is 11.6 Å². The Kier molecular flexibility index (Phi) is 6.87. The third kappa shape index (κ3) is 7.29. The maximum atomic E-state index is 12.0. The molecule has 0 fully saturated rings. The first-order valence-corrected chi connectivity index (χ1v) is 8.76. The van der Waals surface area contributed by atoms with E-state index in [4.69, 9.17) is 4.74 Å². The van der Waals surface area contributed by atoms with E-state index in [9.17, 15) is 4.79 Å². The van der Waals surface area contributed by atoms with Gasteiger partial charge in [0.05, 0.1) is 12.2 Å². The molecule has 0 saturated carbocycles. The van der Waals surface area contributed by atoms with Crippen LogP contribution in [0.2, 0.25) is 0 Å². The van der Waals surface area contributed by atoms with Gasteiger partial charge in [-0.05, 0) is 51.3 Å². The summed E-state index contributed by atoms with van der Waals surface area (Å²) in [7, 11) is 0. The second-order valence-electron chi connectivity index (χ2n) is 7.00. The second-order valence-corrected chi connectivity index (χ2v) is 7.00. The van der Waals surface area contributed by atoms with Crippen LogP contribution >= 0.6 is 0 Å². The standard InChI is InChI=1S/C21H28N2O2/c1-21(2,3)25-19-14-8-7-13-18(19)23-16-20(24)22-15-9-12-17-10-5-4-6-11-17/h4-8,10-11,13-14,23H,9,12,15-16H2,1-3H3,(H,22,24). The number of hydrogen-bond acceptors (Lipinski definition) is 3. The summed E-state index contributed by atoms with van der Waals surface area (Å²) in [6.07, 6.45) is 1.90. The normalized spacial score (nSPS) is 11.0. The maximum absolute atomic E-state index is 12.0. The molecule has 4 nitrogen and oxygen atoms in total. The van der Waals surface area contributed by atoms with Crippen LogP contribution in [0.3, 0.4) is 0 Å². The van der Waals surface area contributed by atoms with E-state index in [1.165, 1.54) is 5.56 Å². The number of rotatable bonds is 8. The summed E-state index contributed by atoms with van der Waals surface area (Å²) in [5.41, 5.74) is 1.84. The molecule has 0 atom stereocenters. The van der Waals surface area contributed by atoms with Crippen molar-refractivity contribution in [2.75, 3.05) is 18.4 Å². The number of para-hydroxylation sites is 2. The molecule has 0 radical (unpaired) electrons.